The Bertz CT molecular complexity index is 1140. The van der Waals surface area contributed by atoms with Gasteiger partial charge in [-0.25, -0.2) is 9.78 Å². The van der Waals surface area contributed by atoms with Crippen LogP contribution in [-0.2, 0) is 0 Å². The van der Waals surface area contributed by atoms with Crippen LogP contribution < -0.4 is 16.4 Å². The van der Waals surface area contributed by atoms with Gasteiger partial charge in [-0.05, 0) is 53.6 Å². The molecule has 134 valence electrons. The van der Waals surface area contributed by atoms with Gasteiger partial charge >= 0.3 is 6.03 Å². The molecule has 0 atom stereocenters. The monoisotopic (exact) mass is 378 g/mol. The van der Waals surface area contributed by atoms with Gasteiger partial charge in [-0.15, -0.1) is 0 Å². The second-order valence-corrected chi connectivity index (χ2v) is 6.32. The van der Waals surface area contributed by atoms with E-state index in [0.717, 1.165) is 22.0 Å². The van der Waals surface area contributed by atoms with Crippen molar-refractivity contribution in [2.24, 2.45) is 0 Å². The third kappa shape index (κ3) is 3.68. The molecule has 4 rings (SSSR count). The van der Waals surface area contributed by atoms with Crippen LogP contribution in [0.1, 0.15) is 0 Å². The number of hydrogen-bond donors (Lipinski definition) is 4. The fourth-order valence-corrected chi connectivity index (χ4v) is 2.93. The number of hydrogen-bond acceptors (Lipinski definition) is 4. The van der Waals surface area contributed by atoms with Crippen molar-refractivity contribution in [3.05, 3.63) is 65.8 Å². The lowest BCUT2D eigenvalue weighted by Gasteiger charge is -2.09. The van der Waals surface area contributed by atoms with Crippen LogP contribution in [0.5, 0.6) is 0 Å². The summed E-state index contributed by atoms with van der Waals surface area (Å²) in [7, 11) is 0. The summed E-state index contributed by atoms with van der Waals surface area (Å²) in [4.78, 5) is 16.4. The number of aromatic nitrogens is 3. The number of carbonyl (C=O) groups excluding carboxylic acids is 1. The van der Waals surface area contributed by atoms with Gasteiger partial charge in [0.05, 0.1) is 5.52 Å². The fourth-order valence-electron chi connectivity index (χ4n) is 2.74. The molecule has 2 aromatic carbocycles. The van der Waals surface area contributed by atoms with Crippen LogP contribution in [0.25, 0.3) is 22.0 Å². The molecule has 0 aliphatic carbocycles. The molecule has 2 amide bonds. The zero-order valence-corrected chi connectivity index (χ0v) is 14.8. The van der Waals surface area contributed by atoms with Crippen LogP contribution >= 0.6 is 11.6 Å². The van der Waals surface area contributed by atoms with E-state index in [0.29, 0.717) is 22.3 Å². The molecule has 2 aromatic heterocycles. The molecule has 0 radical (unpaired) electrons. The molecule has 0 spiro atoms. The Labute approximate surface area is 159 Å². The number of nitrogens with two attached hydrogens (primary N) is 1. The van der Waals surface area contributed by atoms with E-state index in [-0.39, 0.29) is 0 Å². The summed E-state index contributed by atoms with van der Waals surface area (Å²) in [6, 6.07) is 15.9. The van der Waals surface area contributed by atoms with E-state index < -0.39 is 6.03 Å². The Kier molecular flexibility index (Phi) is 4.35. The highest BCUT2D eigenvalue weighted by molar-refractivity contribution is 6.30. The first-order valence-electron chi connectivity index (χ1n) is 8.12. The van der Waals surface area contributed by atoms with Crippen LogP contribution in [0.15, 0.2) is 60.8 Å². The Balaban J connectivity index is 1.54. The highest BCUT2D eigenvalue weighted by Crippen LogP contribution is 2.27. The molecule has 0 aliphatic rings. The molecule has 27 heavy (non-hydrogen) atoms. The topological polar surface area (TPSA) is 109 Å². The molecule has 0 aliphatic heterocycles. The minimum absolute atomic E-state index is 0.406. The SMILES string of the molecule is Nc1n[nH]c2ccc(-c3ccnc(NC(=O)Nc4cccc(Cl)c4)c3)cc12. The number of rotatable bonds is 3. The van der Waals surface area contributed by atoms with Crippen molar-refractivity contribution in [3.63, 3.8) is 0 Å². The number of aromatic amines is 1. The smallest absolute Gasteiger partial charge is 0.324 e. The van der Waals surface area contributed by atoms with Crippen molar-refractivity contribution < 1.29 is 4.79 Å². The number of nitrogen functional groups attached to an aromatic ring is 1. The quantitative estimate of drug-likeness (QED) is 0.420. The van der Waals surface area contributed by atoms with Crippen molar-refractivity contribution in [1.29, 1.82) is 0 Å². The predicted molar refractivity (Wildman–Crippen MR) is 108 cm³/mol. The van der Waals surface area contributed by atoms with Gasteiger partial charge in [-0.3, -0.25) is 10.4 Å². The van der Waals surface area contributed by atoms with Crippen LogP contribution in [0.3, 0.4) is 0 Å². The molecule has 0 saturated carbocycles. The Morgan fingerprint density at radius 3 is 2.74 bits per heavy atom. The Morgan fingerprint density at radius 2 is 1.89 bits per heavy atom. The van der Waals surface area contributed by atoms with Gasteiger partial charge in [0.2, 0.25) is 0 Å². The molecule has 2 heterocycles. The molecule has 7 nitrogen and oxygen atoms in total. The number of nitrogens with zero attached hydrogens (tertiary/aromatic N) is 2. The lowest BCUT2D eigenvalue weighted by Crippen LogP contribution is -2.20. The maximum Gasteiger partial charge on any atom is 0.324 e. The molecule has 8 heteroatoms. The molecule has 0 saturated heterocycles. The number of benzene rings is 2. The summed E-state index contributed by atoms with van der Waals surface area (Å²) in [5, 5.41) is 13.7. The molecule has 5 N–H and O–H groups in total. The second-order valence-electron chi connectivity index (χ2n) is 5.89. The second kappa shape index (κ2) is 6.97. The number of urea groups is 1. The van der Waals surface area contributed by atoms with Gasteiger partial charge in [0.25, 0.3) is 0 Å². The molecule has 4 aromatic rings. The molecular weight excluding hydrogens is 364 g/mol. The van der Waals surface area contributed by atoms with Crippen molar-refractivity contribution in [2.75, 3.05) is 16.4 Å². The summed E-state index contributed by atoms with van der Waals surface area (Å²) < 4.78 is 0. The lowest BCUT2D eigenvalue weighted by atomic mass is 10.0. The van der Waals surface area contributed by atoms with Gasteiger partial charge in [-0.1, -0.05) is 23.7 Å². The van der Waals surface area contributed by atoms with Crippen molar-refractivity contribution >= 4 is 45.9 Å². The van der Waals surface area contributed by atoms with Crippen molar-refractivity contribution in [1.82, 2.24) is 15.2 Å². The highest BCUT2D eigenvalue weighted by Gasteiger charge is 2.08. The summed E-state index contributed by atoms with van der Waals surface area (Å²) in [6.07, 6.45) is 1.63. The standard InChI is InChI=1S/C19H15ClN6O/c20-13-2-1-3-14(10-13)23-19(27)24-17-9-12(6-7-22-17)11-4-5-16-15(8-11)18(21)26-25-16/h1-10H,(H3,21,25,26)(H2,22,23,24,27). The minimum Gasteiger partial charge on any atom is -0.382 e. The van der Waals surface area contributed by atoms with Crippen molar-refractivity contribution in [3.8, 4) is 11.1 Å². The number of nitrogens with one attached hydrogen (secondary N) is 3. The first kappa shape index (κ1) is 16.9. The van der Waals surface area contributed by atoms with Gasteiger partial charge < -0.3 is 11.1 Å². The zero-order valence-electron chi connectivity index (χ0n) is 14.0. The number of amides is 2. The lowest BCUT2D eigenvalue weighted by molar-refractivity contribution is 0.262. The number of pyridine rings is 1. The van der Waals surface area contributed by atoms with Crippen molar-refractivity contribution in [2.45, 2.75) is 0 Å². The third-order valence-corrected chi connectivity index (χ3v) is 4.24. The average molecular weight is 379 g/mol. The fraction of sp³-hybridized carbons (Fsp3) is 0. The minimum atomic E-state index is -0.406. The third-order valence-electron chi connectivity index (χ3n) is 4.01. The predicted octanol–water partition coefficient (Wildman–Crippen LogP) is 4.50. The van der Waals surface area contributed by atoms with Crippen LogP contribution in [0.4, 0.5) is 22.1 Å². The summed E-state index contributed by atoms with van der Waals surface area (Å²) >= 11 is 5.92. The molecule has 0 bridgehead atoms. The molecule has 0 fully saturated rings. The van der Waals surface area contributed by atoms with E-state index in [2.05, 4.69) is 25.8 Å². The van der Waals surface area contributed by atoms with Crippen LogP contribution in [0, 0.1) is 0 Å². The van der Waals surface area contributed by atoms with E-state index in [1.54, 1.807) is 36.5 Å². The molecule has 0 unspecified atom stereocenters. The van der Waals surface area contributed by atoms with Gasteiger partial charge in [0.1, 0.15) is 5.82 Å². The number of fused-ring (bicyclic) bond motifs is 1. The average Bonchev–Trinajstić information content (AvgIpc) is 3.02. The Hall–Kier alpha value is -3.58. The summed E-state index contributed by atoms with van der Waals surface area (Å²) in [5.41, 5.74) is 9.17. The normalized spacial score (nSPS) is 10.7. The summed E-state index contributed by atoms with van der Waals surface area (Å²) in [5.74, 6) is 0.868. The maximum absolute atomic E-state index is 12.2. The number of H-pyrrole nitrogens is 1. The number of carbonyl (C=O) groups is 1. The van der Waals surface area contributed by atoms with Crippen LogP contribution in [0.2, 0.25) is 5.02 Å². The van der Waals surface area contributed by atoms with Crippen LogP contribution in [-0.4, -0.2) is 21.2 Å². The van der Waals surface area contributed by atoms with E-state index in [1.165, 1.54) is 0 Å². The van der Waals surface area contributed by atoms with Gasteiger partial charge in [-0.2, -0.15) is 5.10 Å². The number of halogens is 1. The number of anilines is 3. The first-order chi connectivity index (χ1) is 13.1. The first-order valence-corrected chi connectivity index (χ1v) is 8.50. The van der Waals surface area contributed by atoms with E-state index in [9.17, 15) is 4.79 Å². The molecular formula is C19H15ClN6O. The van der Waals surface area contributed by atoms with E-state index in [4.69, 9.17) is 17.3 Å². The largest absolute Gasteiger partial charge is 0.382 e. The van der Waals surface area contributed by atoms with E-state index >= 15 is 0 Å². The maximum atomic E-state index is 12.2. The highest BCUT2D eigenvalue weighted by atomic mass is 35.5. The van der Waals surface area contributed by atoms with Gasteiger partial charge in [0, 0.05) is 22.3 Å². The van der Waals surface area contributed by atoms with E-state index in [1.807, 2.05) is 24.3 Å². The zero-order chi connectivity index (χ0) is 18.8. The summed E-state index contributed by atoms with van der Waals surface area (Å²) in [6.45, 7) is 0. The van der Waals surface area contributed by atoms with Gasteiger partial charge in [0.15, 0.2) is 5.82 Å². The Morgan fingerprint density at radius 1 is 1.04 bits per heavy atom.